The molecule has 4 heterocycles. The maximum absolute atomic E-state index is 12.6. The summed E-state index contributed by atoms with van der Waals surface area (Å²) in [7, 11) is 0. The van der Waals surface area contributed by atoms with Gasteiger partial charge in [-0.05, 0) is 17.5 Å². The molecule has 0 bridgehead atoms. The Morgan fingerprint density at radius 2 is 1.64 bits per heavy atom. The molecule has 0 spiro atoms. The van der Waals surface area contributed by atoms with Crippen LogP contribution in [0.25, 0.3) is 9.40 Å². The normalized spacial score (nSPS) is 14.9. The van der Waals surface area contributed by atoms with E-state index in [9.17, 15) is 14.7 Å². The summed E-state index contributed by atoms with van der Waals surface area (Å²) >= 11 is 3.14. The largest absolute Gasteiger partial charge is 0.505 e. The molecule has 1 saturated heterocycles. The first-order chi connectivity index (χ1) is 12.1. The van der Waals surface area contributed by atoms with Crippen molar-refractivity contribution in [2.45, 2.75) is 0 Å². The quantitative estimate of drug-likeness (QED) is 0.742. The Hall–Kier alpha value is -2.52. The fraction of sp³-hybridized carbons (Fsp3) is 0.250. The van der Waals surface area contributed by atoms with Crippen LogP contribution in [0, 0.1) is 0 Å². The van der Waals surface area contributed by atoms with E-state index in [0.717, 1.165) is 14.3 Å². The predicted octanol–water partition coefficient (Wildman–Crippen LogP) is 2.06. The molecule has 2 amide bonds. The lowest BCUT2D eigenvalue weighted by Gasteiger charge is -2.34. The first-order valence-electron chi connectivity index (χ1n) is 7.68. The van der Waals surface area contributed by atoms with E-state index >= 15 is 0 Å². The molecule has 0 aromatic carbocycles. The van der Waals surface area contributed by atoms with Crippen molar-refractivity contribution in [1.82, 2.24) is 19.8 Å². The van der Waals surface area contributed by atoms with Crippen molar-refractivity contribution in [1.29, 1.82) is 0 Å². The number of amides is 2. The van der Waals surface area contributed by atoms with Gasteiger partial charge in [-0.1, -0.05) is 0 Å². The number of hydrogen-bond donors (Lipinski definition) is 1. The molecule has 9 heteroatoms. The zero-order valence-electron chi connectivity index (χ0n) is 13.1. The number of aromatic hydroxyl groups is 1. The first kappa shape index (κ1) is 16.0. The van der Waals surface area contributed by atoms with E-state index < -0.39 is 0 Å². The molecular formula is C16H14N4O3S2. The van der Waals surface area contributed by atoms with Crippen LogP contribution in [0.1, 0.15) is 20.3 Å². The second-order valence-electron chi connectivity index (χ2n) is 5.61. The Morgan fingerprint density at radius 3 is 2.28 bits per heavy atom. The minimum Gasteiger partial charge on any atom is -0.505 e. The molecule has 128 valence electrons. The number of thiophene rings is 2. The molecule has 7 nitrogen and oxygen atoms in total. The highest BCUT2D eigenvalue weighted by Gasteiger charge is 2.27. The second kappa shape index (κ2) is 6.41. The Bertz CT molecular complexity index is 898. The van der Waals surface area contributed by atoms with Crippen molar-refractivity contribution in [3.05, 3.63) is 40.6 Å². The van der Waals surface area contributed by atoms with Gasteiger partial charge in [-0.3, -0.25) is 9.59 Å². The number of aromatic nitrogens is 2. The van der Waals surface area contributed by atoms with Gasteiger partial charge >= 0.3 is 0 Å². The van der Waals surface area contributed by atoms with E-state index in [0.29, 0.717) is 26.2 Å². The minimum absolute atomic E-state index is 0.0152. The van der Waals surface area contributed by atoms with Gasteiger partial charge in [0.25, 0.3) is 11.8 Å². The molecule has 1 aliphatic rings. The van der Waals surface area contributed by atoms with Gasteiger partial charge in [0.2, 0.25) is 5.82 Å². The fourth-order valence-corrected chi connectivity index (χ4v) is 4.79. The third-order valence-corrected chi connectivity index (χ3v) is 6.12. The summed E-state index contributed by atoms with van der Waals surface area (Å²) in [6, 6.07) is 3.96. The highest BCUT2D eigenvalue weighted by molar-refractivity contribution is 7.27. The summed E-state index contributed by atoms with van der Waals surface area (Å²) in [6.45, 7) is 1.84. The standard InChI is InChI=1S/C16H14N4O3S2/c21-10-8-17-14(18-9-10)16(23)20-4-2-19(3-5-20)15(22)13-7-12-11(25-13)1-6-24-12/h1,6-9,21H,2-5H2. The van der Waals surface area contributed by atoms with Crippen LogP contribution in [-0.4, -0.2) is 62.9 Å². The second-order valence-corrected chi connectivity index (χ2v) is 7.64. The molecular weight excluding hydrogens is 360 g/mol. The molecule has 3 aromatic heterocycles. The number of carbonyl (C=O) groups excluding carboxylic acids is 2. The van der Waals surface area contributed by atoms with Gasteiger partial charge < -0.3 is 14.9 Å². The van der Waals surface area contributed by atoms with Gasteiger partial charge in [0, 0.05) is 35.6 Å². The minimum atomic E-state index is -0.288. The van der Waals surface area contributed by atoms with Crippen LogP contribution in [0.2, 0.25) is 0 Å². The van der Waals surface area contributed by atoms with Crippen LogP contribution >= 0.6 is 22.7 Å². The highest BCUT2D eigenvalue weighted by Crippen LogP contribution is 2.30. The smallest absolute Gasteiger partial charge is 0.291 e. The van der Waals surface area contributed by atoms with Crippen LogP contribution in [-0.2, 0) is 0 Å². The van der Waals surface area contributed by atoms with Gasteiger partial charge in [-0.25, -0.2) is 9.97 Å². The van der Waals surface area contributed by atoms with Gasteiger partial charge in [-0.2, -0.15) is 0 Å². The van der Waals surface area contributed by atoms with Gasteiger partial charge in [0.1, 0.15) is 0 Å². The summed E-state index contributed by atoms with van der Waals surface area (Å²) < 4.78 is 2.26. The number of fused-ring (bicyclic) bond motifs is 1. The molecule has 25 heavy (non-hydrogen) atoms. The number of hydrogen-bond acceptors (Lipinski definition) is 7. The lowest BCUT2D eigenvalue weighted by Crippen LogP contribution is -2.50. The molecule has 0 aliphatic carbocycles. The zero-order chi connectivity index (χ0) is 17.4. The molecule has 1 N–H and O–H groups in total. The van der Waals surface area contributed by atoms with E-state index in [1.807, 2.05) is 17.5 Å². The van der Waals surface area contributed by atoms with Gasteiger partial charge in [0.05, 0.1) is 17.3 Å². The van der Waals surface area contributed by atoms with Crippen LogP contribution in [0.5, 0.6) is 5.75 Å². The Morgan fingerprint density at radius 1 is 1.00 bits per heavy atom. The number of carbonyl (C=O) groups is 2. The van der Waals surface area contributed by atoms with E-state index in [-0.39, 0.29) is 23.4 Å². The topological polar surface area (TPSA) is 86.6 Å². The summed E-state index contributed by atoms with van der Waals surface area (Å²) in [6.07, 6.45) is 2.39. The highest BCUT2D eigenvalue weighted by atomic mass is 32.1. The molecule has 1 aliphatic heterocycles. The maximum Gasteiger partial charge on any atom is 0.291 e. The summed E-state index contributed by atoms with van der Waals surface area (Å²) in [5.41, 5.74) is 0. The summed E-state index contributed by atoms with van der Waals surface area (Å²) in [5, 5.41) is 11.2. The van der Waals surface area contributed by atoms with Crippen molar-refractivity contribution in [3.63, 3.8) is 0 Å². The van der Waals surface area contributed by atoms with Gasteiger partial charge in [-0.15, -0.1) is 22.7 Å². The SMILES string of the molecule is O=C(c1ncc(O)cn1)N1CCN(C(=O)c2cc3sccc3s2)CC1. The third-order valence-electron chi connectivity index (χ3n) is 4.03. The Labute approximate surface area is 151 Å². The van der Waals surface area contributed by atoms with Crippen molar-refractivity contribution in [2.75, 3.05) is 26.2 Å². The molecule has 1 fully saturated rings. The summed E-state index contributed by atoms with van der Waals surface area (Å²) in [5.74, 6) is -0.302. The maximum atomic E-state index is 12.6. The monoisotopic (exact) mass is 374 g/mol. The van der Waals surface area contributed by atoms with Gasteiger partial charge in [0.15, 0.2) is 5.75 Å². The van der Waals surface area contributed by atoms with Crippen LogP contribution < -0.4 is 0 Å². The lowest BCUT2D eigenvalue weighted by molar-refractivity contribution is 0.0531. The van der Waals surface area contributed by atoms with Crippen molar-refractivity contribution in [2.24, 2.45) is 0 Å². The molecule has 0 atom stereocenters. The molecule has 0 unspecified atom stereocenters. The fourth-order valence-electron chi connectivity index (χ4n) is 2.71. The van der Waals surface area contributed by atoms with E-state index in [2.05, 4.69) is 9.97 Å². The van der Waals surface area contributed by atoms with E-state index in [1.54, 1.807) is 21.1 Å². The average molecular weight is 374 g/mol. The molecule has 0 saturated carbocycles. The Balaban J connectivity index is 1.40. The van der Waals surface area contributed by atoms with Crippen LogP contribution in [0.4, 0.5) is 0 Å². The van der Waals surface area contributed by atoms with Crippen molar-refractivity contribution in [3.8, 4) is 5.75 Å². The molecule has 3 aromatic rings. The number of piperazine rings is 1. The van der Waals surface area contributed by atoms with Crippen LogP contribution in [0.15, 0.2) is 29.9 Å². The lowest BCUT2D eigenvalue weighted by atomic mass is 10.2. The zero-order valence-corrected chi connectivity index (χ0v) is 14.7. The average Bonchev–Trinajstić information content (AvgIpc) is 3.23. The summed E-state index contributed by atoms with van der Waals surface area (Å²) in [4.78, 5) is 36.8. The van der Waals surface area contributed by atoms with Crippen LogP contribution in [0.3, 0.4) is 0 Å². The van der Waals surface area contributed by atoms with E-state index in [1.165, 1.54) is 23.7 Å². The van der Waals surface area contributed by atoms with Crippen molar-refractivity contribution >= 4 is 43.9 Å². The van der Waals surface area contributed by atoms with E-state index in [4.69, 9.17) is 0 Å². The molecule has 0 radical (unpaired) electrons. The first-order valence-corrected chi connectivity index (χ1v) is 9.38. The predicted molar refractivity (Wildman–Crippen MR) is 95.2 cm³/mol. The third kappa shape index (κ3) is 3.08. The number of nitrogens with zero attached hydrogens (tertiary/aromatic N) is 4. The molecule has 4 rings (SSSR count). The van der Waals surface area contributed by atoms with Crippen molar-refractivity contribution < 1.29 is 14.7 Å². The number of rotatable bonds is 2. The Kier molecular flexibility index (Phi) is 4.10.